The van der Waals surface area contributed by atoms with Crippen molar-refractivity contribution in [3.8, 4) is 0 Å². The number of aliphatic hydroxyl groups is 1. The van der Waals surface area contributed by atoms with Gasteiger partial charge in [0, 0.05) is 11.3 Å². The molecule has 0 aliphatic heterocycles. The maximum atomic E-state index is 12.5. The number of hydrogen-bond donors (Lipinski definition) is 2. The van der Waals surface area contributed by atoms with Crippen molar-refractivity contribution in [3.63, 3.8) is 0 Å². The zero-order valence-corrected chi connectivity index (χ0v) is 12.6. The first kappa shape index (κ1) is 16.8. The van der Waals surface area contributed by atoms with E-state index in [0.29, 0.717) is 23.4 Å². The first-order valence-corrected chi connectivity index (χ1v) is 7.24. The van der Waals surface area contributed by atoms with E-state index in [2.05, 4.69) is 10.4 Å². The normalized spacial score (nSPS) is 22.1. The molecule has 22 heavy (non-hydrogen) atoms. The minimum Gasteiger partial charge on any atom is -0.391 e. The summed E-state index contributed by atoms with van der Waals surface area (Å²) in [6.45, 7) is 1.95. The van der Waals surface area contributed by atoms with Crippen molar-refractivity contribution in [2.24, 2.45) is 0 Å². The Morgan fingerprint density at radius 1 is 1.41 bits per heavy atom. The number of aromatic nitrogens is 2. The molecule has 1 aromatic heterocycles. The minimum atomic E-state index is -4.35. The molecule has 8 heteroatoms. The molecular weight excluding hydrogens is 299 g/mol. The second-order valence-electron chi connectivity index (χ2n) is 5.77. The summed E-state index contributed by atoms with van der Waals surface area (Å²) in [4.78, 5) is 12.0. The van der Waals surface area contributed by atoms with E-state index in [-0.39, 0.29) is 18.4 Å². The van der Waals surface area contributed by atoms with Gasteiger partial charge in [-0.3, -0.25) is 9.48 Å². The van der Waals surface area contributed by atoms with Crippen LogP contribution in [0.2, 0.25) is 0 Å². The third kappa shape index (κ3) is 4.00. The zero-order chi connectivity index (χ0) is 16.5. The topological polar surface area (TPSA) is 67.2 Å². The highest BCUT2D eigenvalue weighted by molar-refractivity contribution is 5.79. The van der Waals surface area contributed by atoms with Crippen LogP contribution < -0.4 is 5.32 Å². The highest BCUT2D eigenvalue weighted by atomic mass is 19.4. The van der Waals surface area contributed by atoms with Gasteiger partial charge in [0.15, 0.2) is 0 Å². The number of rotatable bonds is 4. The average molecular weight is 319 g/mol. The fraction of sp³-hybridized carbons (Fsp3) is 0.714. The molecule has 1 aromatic rings. The number of aryl methyl sites for hydroxylation is 1. The second-order valence-corrected chi connectivity index (χ2v) is 5.77. The summed E-state index contributed by atoms with van der Waals surface area (Å²) < 4.78 is 38.3. The molecule has 124 valence electrons. The monoisotopic (exact) mass is 319 g/mol. The predicted molar refractivity (Wildman–Crippen MR) is 73.2 cm³/mol. The summed E-state index contributed by atoms with van der Waals surface area (Å²) in [5.74, 6) is -0.302. The average Bonchev–Trinajstić information content (AvgIpc) is 2.87. The Labute approximate surface area is 126 Å². The molecule has 0 saturated heterocycles. The molecule has 0 spiro atoms. The quantitative estimate of drug-likeness (QED) is 0.886. The maximum Gasteiger partial charge on any atom is 0.408 e. The van der Waals surface area contributed by atoms with Crippen LogP contribution in [0, 0.1) is 13.8 Å². The number of alkyl halides is 3. The summed E-state index contributed by atoms with van der Waals surface area (Å²) in [6, 6.07) is -0.265. The van der Waals surface area contributed by atoms with Gasteiger partial charge in [0.2, 0.25) is 5.91 Å². The molecule has 2 atom stereocenters. The van der Waals surface area contributed by atoms with E-state index in [4.69, 9.17) is 0 Å². The Kier molecular flexibility index (Phi) is 4.79. The lowest BCUT2D eigenvalue weighted by Crippen LogP contribution is -2.40. The fourth-order valence-corrected chi connectivity index (χ4v) is 2.84. The number of aliphatic hydroxyl groups excluding tert-OH is 1. The Morgan fingerprint density at radius 2 is 2.09 bits per heavy atom. The summed E-state index contributed by atoms with van der Waals surface area (Å²) >= 11 is 0. The van der Waals surface area contributed by atoms with E-state index in [1.54, 1.807) is 6.92 Å². The van der Waals surface area contributed by atoms with Crippen LogP contribution in [0.15, 0.2) is 0 Å². The van der Waals surface area contributed by atoms with Crippen LogP contribution in [0.3, 0.4) is 0 Å². The van der Waals surface area contributed by atoms with Gasteiger partial charge in [-0.25, -0.2) is 0 Å². The van der Waals surface area contributed by atoms with Crippen molar-refractivity contribution in [1.29, 1.82) is 0 Å². The Balaban J connectivity index is 2.04. The third-order valence-electron chi connectivity index (χ3n) is 4.02. The molecule has 2 N–H and O–H groups in total. The molecule has 0 radical (unpaired) electrons. The number of carbonyl (C=O) groups is 1. The first-order chi connectivity index (χ1) is 10.2. The number of halogens is 3. The fourth-order valence-electron chi connectivity index (χ4n) is 2.84. The third-order valence-corrected chi connectivity index (χ3v) is 4.02. The molecule has 1 aliphatic rings. The van der Waals surface area contributed by atoms with Gasteiger partial charge in [-0.2, -0.15) is 18.3 Å². The van der Waals surface area contributed by atoms with Gasteiger partial charge in [-0.05, 0) is 33.1 Å². The first-order valence-electron chi connectivity index (χ1n) is 7.24. The smallest absolute Gasteiger partial charge is 0.391 e. The molecule has 5 nitrogen and oxygen atoms in total. The van der Waals surface area contributed by atoms with Crippen molar-refractivity contribution in [2.45, 2.75) is 64.4 Å². The molecule has 0 aromatic carbocycles. The number of carbonyl (C=O) groups excluding carboxylic acids is 1. The van der Waals surface area contributed by atoms with Crippen molar-refractivity contribution < 1.29 is 23.1 Å². The molecule has 1 fully saturated rings. The Hall–Kier alpha value is -1.57. The van der Waals surface area contributed by atoms with Crippen LogP contribution in [-0.4, -0.2) is 39.1 Å². The van der Waals surface area contributed by atoms with Gasteiger partial charge in [-0.15, -0.1) is 0 Å². The van der Waals surface area contributed by atoms with Crippen LogP contribution in [0.1, 0.15) is 36.2 Å². The largest absolute Gasteiger partial charge is 0.408 e. The summed E-state index contributed by atoms with van der Waals surface area (Å²) in [6.07, 6.45) is -2.69. The summed E-state index contributed by atoms with van der Waals surface area (Å²) in [5.41, 5.74) is 1.27. The number of nitrogens with zero attached hydrogens (tertiary/aromatic N) is 2. The van der Waals surface area contributed by atoms with E-state index in [1.165, 1.54) is 6.92 Å². The zero-order valence-electron chi connectivity index (χ0n) is 12.6. The lowest BCUT2D eigenvalue weighted by Gasteiger charge is -2.16. The number of amides is 1. The molecular formula is C14H20F3N3O2. The SMILES string of the molecule is Cc1nn(CC(F)(F)F)c(C)c1CC(=O)N[C@@H]1CCC[C@H]1O. The highest BCUT2D eigenvalue weighted by Gasteiger charge is 2.31. The van der Waals surface area contributed by atoms with E-state index < -0.39 is 18.8 Å². The molecule has 2 rings (SSSR count). The Morgan fingerprint density at radius 3 is 2.64 bits per heavy atom. The van der Waals surface area contributed by atoms with Gasteiger partial charge in [0.1, 0.15) is 6.54 Å². The van der Waals surface area contributed by atoms with Crippen molar-refractivity contribution >= 4 is 5.91 Å². The Bertz CT molecular complexity index is 554. The van der Waals surface area contributed by atoms with E-state index in [0.717, 1.165) is 17.5 Å². The predicted octanol–water partition coefficient (Wildman–Crippen LogP) is 1.63. The molecule has 1 aliphatic carbocycles. The van der Waals surface area contributed by atoms with Gasteiger partial charge in [0.05, 0.1) is 24.3 Å². The summed E-state index contributed by atoms with van der Waals surface area (Å²) in [7, 11) is 0. The molecule has 1 heterocycles. The van der Waals surface area contributed by atoms with Crippen molar-refractivity contribution in [2.75, 3.05) is 0 Å². The van der Waals surface area contributed by atoms with Gasteiger partial charge < -0.3 is 10.4 Å². The number of hydrogen-bond acceptors (Lipinski definition) is 3. The summed E-state index contributed by atoms with van der Waals surface area (Å²) in [5, 5.41) is 16.3. The van der Waals surface area contributed by atoms with E-state index in [9.17, 15) is 23.1 Å². The van der Waals surface area contributed by atoms with Crippen LogP contribution in [0.5, 0.6) is 0 Å². The molecule has 0 bridgehead atoms. The van der Waals surface area contributed by atoms with Crippen LogP contribution in [-0.2, 0) is 17.8 Å². The molecule has 1 saturated carbocycles. The minimum absolute atomic E-state index is 0.0290. The molecule has 1 amide bonds. The van der Waals surface area contributed by atoms with Crippen molar-refractivity contribution in [1.82, 2.24) is 15.1 Å². The van der Waals surface area contributed by atoms with E-state index >= 15 is 0 Å². The standard InChI is InChI=1S/C14H20F3N3O2/c1-8-10(9(2)20(19-8)7-14(15,16)17)6-13(22)18-11-4-3-5-12(11)21/h11-12,21H,3-7H2,1-2H3,(H,18,22)/t11-,12-/m1/s1. The number of nitrogens with one attached hydrogen (secondary N) is 1. The van der Waals surface area contributed by atoms with E-state index in [1.807, 2.05) is 0 Å². The van der Waals surface area contributed by atoms with Gasteiger partial charge in [-0.1, -0.05) is 0 Å². The lowest BCUT2D eigenvalue weighted by atomic mass is 10.1. The highest BCUT2D eigenvalue weighted by Crippen LogP contribution is 2.22. The lowest BCUT2D eigenvalue weighted by molar-refractivity contribution is -0.142. The van der Waals surface area contributed by atoms with Crippen molar-refractivity contribution in [3.05, 3.63) is 17.0 Å². The van der Waals surface area contributed by atoms with Crippen LogP contribution in [0.25, 0.3) is 0 Å². The van der Waals surface area contributed by atoms with Crippen LogP contribution in [0.4, 0.5) is 13.2 Å². The van der Waals surface area contributed by atoms with Crippen LogP contribution >= 0.6 is 0 Å². The maximum absolute atomic E-state index is 12.5. The van der Waals surface area contributed by atoms with Gasteiger partial charge in [0.25, 0.3) is 0 Å². The molecule has 0 unspecified atom stereocenters. The van der Waals surface area contributed by atoms with Gasteiger partial charge >= 0.3 is 6.18 Å². The second kappa shape index (κ2) is 6.28.